The lowest BCUT2D eigenvalue weighted by Gasteiger charge is -2.20. The zero-order valence-corrected chi connectivity index (χ0v) is 17.8. The first-order valence-corrected chi connectivity index (χ1v) is 12.3. The summed E-state index contributed by atoms with van der Waals surface area (Å²) in [5, 5.41) is 4.06. The van der Waals surface area contributed by atoms with E-state index < -0.39 is 20.0 Å². The first-order chi connectivity index (χ1) is 13.3. The van der Waals surface area contributed by atoms with Gasteiger partial charge in [-0.05, 0) is 51.0 Å². The summed E-state index contributed by atoms with van der Waals surface area (Å²) in [5.74, 6) is 0. The summed E-state index contributed by atoms with van der Waals surface area (Å²) in [5.41, 5.74) is 0.855. The summed E-state index contributed by atoms with van der Waals surface area (Å²) in [6.45, 7) is 5.20. The second-order valence-electron chi connectivity index (χ2n) is 6.86. The number of aryl methyl sites for hydroxylation is 1. The van der Waals surface area contributed by atoms with E-state index in [0.717, 1.165) is 25.7 Å². The molecule has 0 amide bonds. The highest BCUT2D eigenvalue weighted by Gasteiger charge is 2.25. The molecule has 0 unspecified atom stereocenters. The minimum absolute atomic E-state index is 0.107. The fourth-order valence-electron chi connectivity index (χ4n) is 3.35. The summed E-state index contributed by atoms with van der Waals surface area (Å²) < 4.78 is 56.5. The highest BCUT2D eigenvalue weighted by molar-refractivity contribution is 7.92. The molecule has 1 N–H and O–H groups in total. The number of rotatable bonds is 6. The molecule has 0 atom stereocenters. The van der Waals surface area contributed by atoms with Gasteiger partial charge in [0.25, 0.3) is 10.0 Å². The van der Waals surface area contributed by atoms with E-state index >= 15 is 0 Å². The van der Waals surface area contributed by atoms with E-state index in [1.54, 1.807) is 11.6 Å². The largest absolute Gasteiger partial charge is 0.280 e. The van der Waals surface area contributed by atoms with Gasteiger partial charge in [0.15, 0.2) is 0 Å². The molecule has 0 bridgehead atoms. The highest BCUT2D eigenvalue weighted by atomic mass is 32.2. The third-order valence-electron chi connectivity index (χ3n) is 4.96. The fourth-order valence-corrected chi connectivity index (χ4v) is 6.10. The Hall–Kier alpha value is -1.91. The van der Waals surface area contributed by atoms with E-state index in [1.807, 2.05) is 6.92 Å². The smallest absolute Gasteiger partial charge is 0.265 e. The average Bonchev–Trinajstić information content (AvgIpc) is 2.85. The zero-order valence-electron chi connectivity index (χ0n) is 16.1. The maximum atomic E-state index is 12.8. The molecule has 3 rings (SSSR count). The van der Waals surface area contributed by atoms with E-state index in [4.69, 9.17) is 0 Å². The number of hydrogen-bond acceptors (Lipinski definition) is 5. The summed E-state index contributed by atoms with van der Waals surface area (Å²) in [6.07, 6.45) is 5.13. The van der Waals surface area contributed by atoms with Crippen molar-refractivity contribution in [2.75, 3.05) is 17.8 Å². The lowest BCUT2D eigenvalue weighted by atomic mass is 10.2. The van der Waals surface area contributed by atoms with Crippen molar-refractivity contribution in [1.29, 1.82) is 0 Å². The number of benzene rings is 1. The van der Waals surface area contributed by atoms with Crippen LogP contribution < -0.4 is 4.72 Å². The van der Waals surface area contributed by atoms with Crippen LogP contribution in [-0.2, 0) is 26.6 Å². The molecule has 1 aliphatic rings. The van der Waals surface area contributed by atoms with Gasteiger partial charge >= 0.3 is 0 Å². The van der Waals surface area contributed by atoms with Gasteiger partial charge in [-0.2, -0.15) is 9.40 Å². The van der Waals surface area contributed by atoms with Gasteiger partial charge in [0.05, 0.1) is 16.8 Å². The van der Waals surface area contributed by atoms with Gasteiger partial charge in [0.2, 0.25) is 10.0 Å². The van der Waals surface area contributed by atoms with Crippen LogP contribution in [-0.4, -0.2) is 44.0 Å². The molecule has 0 aliphatic carbocycles. The van der Waals surface area contributed by atoms with Crippen molar-refractivity contribution in [1.82, 2.24) is 14.1 Å². The molecule has 0 spiro atoms. The topological polar surface area (TPSA) is 101 Å². The van der Waals surface area contributed by atoms with Crippen LogP contribution in [0.2, 0.25) is 0 Å². The lowest BCUT2D eigenvalue weighted by molar-refractivity contribution is 0.424. The van der Waals surface area contributed by atoms with Crippen LogP contribution in [0.1, 0.15) is 38.3 Å². The zero-order chi connectivity index (χ0) is 20.4. The Balaban J connectivity index is 1.79. The van der Waals surface area contributed by atoms with E-state index in [-0.39, 0.29) is 9.79 Å². The van der Waals surface area contributed by atoms with Crippen molar-refractivity contribution in [2.24, 2.45) is 0 Å². The number of hydrogen-bond donors (Lipinski definition) is 1. The minimum atomic E-state index is -3.80. The summed E-state index contributed by atoms with van der Waals surface area (Å²) in [4.78, 5) is 0.281. The summed E-state index contributed by atoms with van der Waals surface area (Å²) >= 11 is 0. The molecule has 2 aromatic rings. The summed E-state index contributed by atoms with van der Waals surface area (Å²) in [7, 11) is -7.36. The van der Waals surface area contributed by atoms with Gasteiger partial charge in [-0.1, -0.05) is 12.8 Å². The lowest BCUT2D eigenvalue weighted by Crippen LogP contribution is -2.31. The van der Waals surface area contributed by atoms with E-state index in [1.165, 1.54) is 34.8 Å². The standard InChI is InChI=1S/C18H26N4O4S2/c1-3-22-15(2)18(14-19-22)27(23,24)20-16-8-10-17(11-9-16)28(25,26)21-12-6-4-5-7-13-21/h8-11,14,20H,3-7,12-13H2,1-2H3. The number of nitrogens with one attached hydrogen (secondary N) is 1. The Bertz CT molecular complexity index is 1020. The van der Waals surface area contributed by atoms with Crippen LogP contribution >= 0.6 is 0 Å². The number of sulfonamides is 2. The van der Waals surface area contributed by atoms with Gasteiger partial charge in [0.1, 0.15) is 4.90 Å². The van der Waals surface area contributed by atoms with Crippen molar-refractivity contribution < 1.29 is 16.8 Å². The molecule has 28 heavy (non-hydrogen) atoms. The molecule has 1 aromatic carbocycles. The molecule has 154 valence electrons. The second-order valence-corrected chi connectivity index (χ2v) is 10.4. The Morgan fingerprint density at radius 3 is 2.14 bits per heavy atom. The molecule has 1 fully saturated rings. The van der Waals surface area contributed by atoms with Crippen LogP contribution in [0.4, 0.5) is 5.69 Å². The Morgan fingerprint density at radius 2 is 1.61 bits per heavy atom. The quantitative estimate of drug-likeness (QED) is 0.765. The number of aromatic nitrogens is 2. The van der Waals surface area contributed by atoms with Crippen LogP contribution in [0, 0.1) is 6.92 Å². The van der Waals surface area contributed by atoms with Gasteiger partial charge in [0, 0.05) is 25.3 Å². The number of nitrogens with zero attached hydrogens (tertiary/aromatic N) is 3. The van der Waals surface area contributed by atoms with Crippen LogP contribution in [0.5, 0.6) is 0 Å². The summed E-state index contributed by atoms with van der Waals surface area (Å²) in [6, 6.07) is 5.84. The molecular formula is C18H26N4O4S2. The second kappa shape index (κ2) is 8.22. The monoisotopic (exact) mass is 426 g/mol. The third-order valence-corrected chi connectivity index (χ3v) is 8.35. The maximum absolute atomic E-state index is 12.8. The molecule has 0 radical (unpaired) electrons. The van der Waals surface area contributed by atoms with Crippen molar-refractivity contribution in [3.8, 4) is 0 Å². The van der Waals surface area contributed by atoms with E-state index in [9.17, 15) is 16.8 Å². The molecule has 1 aromatic heterocycles. The molecule has 1 aliphatic heterocycles. The fraction of sp³-hybridized carbons (Fsp3) is 0.500. The van der Waals surface area contributed by atoms with E-state index in [0.29, 0.717) is 31.0 Å². The third kappa shape index (κ3) is 4.23. The SMILES string of the molecule is CCn1ncc(S(=O)(=O)Nc2ccc(S(=O)(=O)N3CCCCCC3)cc2)c1C. The molecular weight excluding hydrogens is 400 g/mol. The van der Waals surface area contributed by atoms with Gasteiger partial charge in [-0.25, -0.2) is 16.8 Å². The minimum Gasteiger partial charge on any atom is -0.280 e. The van der Waals surface area contributed by atoms with Crippen molar-refractivity contribution in [2.45, 2.75) is 55.9 Å². The van der Waals surface area contributed by atoms with Gasteiger partial charge < -0.3 is 0 Å². The van der Waals surface area contributed by atoms with Crippen molar-refractivity contribution in [3.05, 3.63) is 36.2 Å². The first kappa shape index (κ1) is 20.8. The maximum Gasteiger partial charge on any atom is 0.265 e. The molecule has 0 saturated carbocycles. The van der Waals surface area contributed by atoms with E-state index in [2.05, 4.69) is 9.82 Å². The average molecular weight is 427 g/mol. The van der Waals surface area contributed by atoms with Gasteiger partial charge in [-0.3, -0.25) is 9.40 Å². The molecule has 2 heterocycles. The predicted octanol–water partition coefficient (Wildman–Crippen LogP) is 2.58. The van der Waals surface area contributed by atoms with Crippen LogP contribution in [0.15, 0.2) is 40.3 Å². The number of anilines is 1. The molecule has 8 nitrogen and oxygen atoms in total. The predicted molar refractivity (Wildman–Crippen MR) is 107 cm³/mol. The van der Waals surface area contributed by atoms with Crippen LogP contribution in [0.3, 0.4) is 0 Å². The van der Waals surface area contributed by atoms with Crippen molar-refractivity contribution >= 4 is 25.7 Å². The normalized spacial score (nSPS) is 16.6. The molecule has 10 heteroatoms. The Labute approximate surface area is 166 Å². The molecule has 1 saturated heterocycles. The van der Waals surface area contributed by atoms with Crippen LogP contribution in [0.25, 0.3) is 0 Å². The Morgan fingerprint density at radius 1 is 1.00 bits per heavy atom. The van der Waals surface area contributed by atoms with Crippen molar-refractivity contribution in [3.63, 3.8) is 0 Å². The first-order valence-electron chi connectivity index (χ1n) is 9.41. The Kier molecular flexibility index (Phi) is 6.11. The highest BCUT2D eigenvalue weighted by Crippen LogP contribution is 2.24. The van der Waals surface area contributed by atoms with Gasteiger partial charge in [-0.15, -0.1) is 0 Å².